The number of rotatable bonds is 5. The Kier molecular flexibility index (Phi) is 5.31. The number of aromatic nitrogens is 1. The first-order valence-electron chi connectivity index (χ1n) is 9.42. The Morgan fingerprint density at radius 3 is 2.86 bits per heavy atom. The van der Waals surface area contributed by atoms with Crippen molar-refractivity contribution in [3.05, 3.63) is 58.4 Å². The van der Waals surface area contributed by atoms with E-state index in [0.29, 0.717) is 11.4 Å². The van der Waals surface area contributed by atoms with E-state index in [-0.39, 0.29) is 25.0 Å². The first-order chi connectivity index (χ1) is 14.0. The monoisotopic (exact) mass is 407 g/mol. The van der Waals surface area contributed by atoms with E-state index < -0.39 is 0 Å². The highest BCUT2D eigenvalue weighted by Crippen LogP contribution is 2.36. The molecule has 1 aliphatic heterocycles. The van der Waals surface area contributed by atoms with Gasteiger partial charge in [-0.15, -0.1) is 11.3 Å². The van der Waals surface area contributed by atoms with Crippen LogP contribution in [0.15, 0.2) is 47.8 Å². The Labute approximate surface area is 173 Å². The fraction of sp³-hybridized carbons (Fsp3) is 0.227. The molecule has 0 spiro atoms. The maximum atomic E-state index is 12.7. The Bertz CT molecular complexity index is 1080. The SMILES string of the molecule is CCc1ccccc1NC(=O)CN1C(=O)COc2ccc(-c3csc(C)n3)cc21. The van der Waals surface area contributed by atoms with Gasteiger partial charge >= 0.3 is 0 Å². The van der Waals surface area contributed by atoms with Gasteiger partial charge in [0.25, 0.3) is 5.91 Å². The van der Waals surface area contributed by atoms with E-state index in [1.54, 1.807) is 11.3 Å². The number of hydrogen-bond donors (Lipinski definition) is 1. The molecule has 0 bridgehead atoms. The molecule has 148 valence electrons. The van der Waals surface area contributed by atoms with Gasteiger partial charge in [-0.25, -0.2) is 4.98 Å². The molecule has 3 aromatic rings. The molecule has 0 radical (unpaired) electrons. The highest BCUT2D eigenvalue weighted by molar-refractivity contribution is 7.09. The molecule has 2 heterocycles. The number of benzene rings is 2. The van der Waals surface area contributed by atoms with Gasteiger partial charge in [0.2, 0.25) is 5.91 Å². The number of carbonyl (C=O) groups excluding carboxylic acids is 2. The van der Waals surface area contributed by atoms with E-state index in [1.165, 1.54) is 4.90 Å². The molecule has 7 heteroatoms. The van der Waals surface area contributed by atoms with Crippen molar-refractivity contribution in [2.24, 2.45) is 0 Å². The molecule has 6 nitrogen and oxygen atoms in total. The van der Waals surface area contributed by atoms with Crippen molar-refractivity contribution < 1.29 is 14.3 Å². The zero-order valence-electron chi connectivity index (χ0n) is 16.3. The zero-order valence-corrected chi connectivity index (χ0v) is 17.1. The maximum absolute atomic E-state index is 12.7. The van der Waals surface area contributed by atoms with Crippen LogP contribution in [0.25, 0.3) is 11.3 Å². The summed E-state index contributed by atoms with van der Waals surface area (Å²) in [5.74, 6) is 0.0899. The molecule has 0 saturated carbocycles. The fourth-order valence-electron chi connectivity index (χ4n) is 3.31. The number of aryl methyl sites for hydroxylation is 2. The Morgan fingerprint density at radius 1 is 1.28 bits per heavy atom. The lowest BCUT2D eigenvalue weighted by Gasteiger charge is -2.29. The number of hydrogen-bond acceptors (Lipinski definition) is 5. The molecule has 29 heavy (non-hydrogen) atoms. The van der Waals surface area contributed by atoms with Crippen molar-refractivity contribution in [2.45, 2.75) is 20.3 Å². The minimum Gasteiger partial charge on any atom is -0.482 e. The minimum absolute atomic E-state index is 0.0766. The molecule has 2 aromatic carbocycles. The number of thiazole rings is 1. The van der Waals surface area contributed by atoms with Gasteiger partial charge in [-0.2, -0.15) is 0 Å². The van der Waals surface area contributed by atoms with Crippen molar-refractivity contribution in [1.29, 1.82) is 0 Å². The number of nitrogens with zero attached hydrogens (tertiary/aromatic N) is 2. The molecule has 2 amide bonds. The van der Waals surface area contributed by atoms with Gasteiger partial charge in [0, 0.05) is 16.6 Å². The van der Waals surface area contributed by atoms with Crippen LogP contribution in [0.2, 0.25) is 0 Å². The summed E-state index contributed by atoms with van der Waals surface area (Å²) in [4.78, 5) is 31.2. The Balaban J connectivity index is 1.59. The summed E-state index contributed by atoms with van der Waals surface area (Å²) in [5, 5.41) is 5.87. The molecule has 0 fully saturated rings. The second-order valence-electron chi connectivity index (χ2n) is 6.76. The fourth-order valence-corrected chi connectivity index (χ4v) is 3.94. The van der Waals surface area contributed by atoms with Crippen LogP contribution in [0, 0.1) is 6.92 Å². The second-order valence-corrected chi connectivity index (χ2v) is 7.82. The lowest BCUT2D eigenvalue weighted by atomic mass is 10.1. The topological polar surface area (TPSA) is 71.5 Å². The van der Waals surface area contributed by atoms with Crippen LogP contribution < -0.4 is 15.0 Å². The molecule has 0 saturated heterocycles. The van der Waals surface area contributed by atoms with E-state index in [0.717, 1.165) is 33.9 Å². The summed E-state index contributed by atoms with van der Waals surface area (Å²) in [6.45, 7) is 3.83. The van der Waals surface area contributed by atoms with Crippen LogP contribution in [0.4, 0.5) is 11.4 Å². The van der Waals surface area contributed by atoms with Gasteiger partial charge in [-0.3, -0.25) is 14.5 Å². The number of anilines is 2. The normalized spacial score (nSPS) is 13.0. The highest BCUT2D eigenvalue weighted by Gasteiger charge is 2.28. The predicted octanol–water partition coefficient (Wildman–Crippen LogP) is 4.05. The number of amides is 2. The van der Waals surface area contributed by atoms with Crippen LogP contribution in [0.5, 0.6) is 5.75 Å². The standard InChI is InChI=1S/C22H21N3O3S/c1-3-15-6-4-5-7-17(15)24-21(26)11-25-19-10-16(18-13-29-14(2)23-18)8-9-20(19)28-12-22(25)27/h4-10,13H,3,11-12H2,1-2H3,(H,24,26). The third-order valence-corrected chi connectivity index (χ3v) is 5.56. The molecule has 0 unspecified atom stereocenters. The average Bonchev–Trinajstić information content (AvgIpc) is 3.16. The number of ether oxygens (including phenoxy) is 1. The van der Waals surface area contributed by atoms with E-state index in [2.05, 4.69) is 10.3 Å². The van der Waals surface area contributed by atoms with Gasteiger partial charge in [0.1, 0.15) is 12.3 Å². The number of fused-ring (bicyclic) bond motifs is 1. The molecular formula is C22H21N3O3S. The Morgan fingerprint density at radius 2 is 2.10 bits per heavy atom. The van der Waals surface area contributed by atoms with Crippen molar-refractivity contribution in [1.82, 2.24) is 4.98 Å². The predicted molar refractivity (Wildman–Crippen MR) is 115 cm³/mol. The summed E-state index contributed by atoms with van der Waals surface area (Å²) < 4.78 is 5.56. The van der Waals surface area contributed by atoms with Crippen molar-refractivity contribution in [3.63, 3.8) is 0 Å². The van der Waals surface area contributed by atoms with Crippen molar-refractivity contribution >= 4 is 34.5 Å². The van der Waals surface area contributed by atoms with Crippen molar-refractivity contribution in [3.8, 4) is 17.0 Å². The van der Waals surface area contributed by atoms with E-state index in [9.17, 15) is 9.59 Å². The average molecular weight is 407 g/mol. The molecule has 0 aliphatic carbocycles. The van der Waals surface area contributed by atoms with Crippen LogP contribution >= 0.6 is 11.3 Å². The van der Waals surface area contributed by atoms with E-state index in [4.69, 9.17) is 4.74 Å². The minimum atomic E-state index is -0.248. The molecular weight excluding hydrogens is 386 g/mol. The zero-order chi connectivity index (χ0) is 20.4. The van der Waals surface area contributed by atoms with Gasteiger partial charge in [-0.05, 0) is 43.2 Å². The highest BCUT2D eigenvalue weighted by atomic mass is 32.1. The van der Waals surface area contributed by atoms with Gasteiger partial charge in [0.05, 0.1) is 16.4 Å². The van der Waals surface area contributed by atoms with Crippen LogP contribution in [0.3, 0.4) is 0 Å². The van der Waals surface area contributed by atoms with Gasteiger partial charge in [-0.1, -0.05) is 25.1 Å². The van der Waals surface area contributed by atoms with Crippen LogP contribution in [-0.2, 0) is 16.0 Å². The number of para-hydroxylation sites is 1. The lowest BCUT2D eigenvalue weighted by molar-refractivity contribution is -0.123. The summed E-state index contributed by atoms with van der Waals surface area (Å²) in [5.41, 5.74) is 4.13. The van der Waals surface area contributed by atoms with E-state index in [1.807, 2.05) is 61.7 Å². The first kappa shape index (κ1) is 19.1. The molecule has 1 N–H and O–H groups in total. The van der Waals surface area contributed by atoms with Crippen LogP contribution in [-0.4, -0.2) is 29.9 Å². The first-order valence-corrected chi connectivity index (χ1v) is 10.3. The molecule has 1 aliphatic rings. The quantitative estimate of drug-likeness (QED) is 0.693. The number of carbonyl (C=O) groups is 2. The maximum Gasteiger partial charge on any atom is 0.265 e. The largest absolute Gasteiger partial charge is 0.482 e. The smallest absolute Gasteiger partial charge is 0.265 e. The summed E-state index contributed by atoms with van der Waals surface area (Å²) >= 11 is 1.57. The third kappa shape index (κ3) is 4.00. The van der Waals surface area contributed by atoms with Gasteiger partial charge in [0.15, 0.2) is 6.61 Å². The number of nitrogens with one attached hydrogen (secondary N) is 1. The van der Waals surface area contributed by atoms with Gasteiger partial charge < -0.3 is 10.1 Å². The molecule has 4 rings (SSSR count). The summed E-state index contributed by atoms with van der Waals surface area (Å²) in [6, 6.07) is 13.3. The van der Waals surface area contributed by atoms with Crippen LogP contribution in [0.1, 0.15) is 17.5 Å². The van der Waals surface area contributed by atoms with E-state index >= 15 is 0 Å². The second kappa shape index (κ2) is 8.05. The summed E-state index contributed by atoms with van der Waals surface area (Å²) in [6.07, 6.45) is 0.812. The molecule has 1 aromatic heterocycles. The summed E-state index contributed by atoms with van der Waals surface area (Å²) in [7, 11) is 0. The molecule has 0 atom stereocenters. The lowest BCUT2D eigenvalue weighted by Crippen LogP contribution is -2.43. The van der Waals surface area contributed by atoms with Crippen molar-refractivity contribution in [2.75, 3.05) is 23.4 Å². The third-order valence-electron chi connectivity index (χ3n) is 4.79. The Hall–Kier alpha value is -3.19.